The molecule has 10 heavy (non-hydrogen) atoms. The molecule has 0 radical (unpaired) electrons. The van der Waals surface area contributed by atoms with Gasteiger partial charge in [0.1, 0.15) is 5.76 Å². The molecule has 0 aliphatic heterocycles. The SMILES string of the molecule is C#CC(=O)c1ccoc1C. The molecule has 50 valence electrons. The van der Waals surface area contributed by atoms with E-state index in [9.17, 15) is 4.79 Å². The Hall–Kier alpha value is -1.49. The van der Waals surface area contributed by atoms with Gasteiger partial charge in [-0.3, -0.25) is 4.79 Å². The molecule has 0 saturated heterocycles. The van der Waals surface area contributed by atoms with E-state index in [-0.39, 0.29) is 5.78 Å². The number of ketones is 1. The van der Waals surface area contributed by atoms with Gasteiger partial charge in [0.2, 0.25) is 5.78 Å². The summed E-state index contributed by atoms with van der Waals surface area (Å²) in [5, 5.41) is 0. The van der Waals surface area contributed by atoms with Crippen LogP contribution in [-0.4, -0.2) is 5.78 Å². The quantitative estimate of drug-likeness (QED) is 0.330. The molecule has 0 bridgehead atoms. The first-order chi connectivity index (χ1) is 4.75. The highest BCUT2D eigenvalue weighted by atomic mass is 16.3. The van der Waals surface area contributed by atoms with Crippen LogP contribution in [0.15, 0.2) is 16.7 Å². The Morgan fingerprint density at radius 2 is 2.50 bits per heavy atom. The number of hydrogen-bond acceptors (Lipinski definition) is 2. The Morgan fingerprint density at radius 1 is 1.80 bits per heavy atom. The third-order valence-electron chi connectivity index (χ3n) is 1.23. The minimum absolute atomic E-state index is 0.328. The zero-order chi connectivity index (χ0) is 7.56. The van der Waals surface area contributed by atoms with Crippen molar-refractivity contribution in [1.29, 1.82) is 0 Å². The van der Waals surface area contributed by atoms with Crippen LogP contribution in [0.25, 0.3) is 0 Å². The number of Topliss-reactive ketones (excluding diaryl/α,β-unsaturated/α-hetero) is 1. The van der Waals surface area contributed by atoms with E-state index in [0.717, 1.165) is 0 Å². The second-order valence-corrected chi connectivity index (χ2v) is 1.86. The Balaban J connectivity index is 3.08. The summed E-state index contributed by atoms with van der Waals surface area (Å²) in [4.78, 5) is 10.8. The summed E-state index contributed by atoms with van der Waals surface area (Å²) in [5.74, 6) is 2.25. The molecule has 0 unspecified atom stereocenters. The van der Waals surface area contributed by atoms with Gasteiger partial charge in [-0.05, 0) is 18.9 Å². The van der Waals surface area contributed by atoms with Gasteiger partial charge < -0.3 is 4.42 Å². The Bertz CT molecular complexity index is 288. The second-order valence-electron chi connectivity index (χ2n) is 1.86. The van der Waals surface area contributed by atoms with Crippen LogP contribution in [0.4, 0.5) is 0 Å². The van der Waals surface area contributed by atoms with Crippen molar-refractivity contribution in [2.75, 3.05) is 0 Å². The second kappa shape index (κ2) is 2.40. The average molecular weight is 134 g/mol. The zero-order valence-electron chi connectivity index (χ0n) is 5.55. The third-order valence-corrected chi connectivity index (χ3v) is 1.23. The van der Waals surface area contributed by atoms with Gasteiger partial charge in [-0.25, -0.2) is 0 Å². The van der Waals surface area contributed by atoms with Gasteiger partial charge >= 0.3 is 0 Å². The minimum Gasteiger partial charge on any atom is -0.469 e. The molecule has 0 aliphatic carbocycles. The highest BCUT2D eigenvalue weighted by Gasteiger charge is 2.06. The summed E-state index contributed by atoms with van der Waals surface area (Å²) in [6.45, 7) is 1.70. The molecular weight excluding hydrogens is 128 g/mol. The van der Waals surface area contributed by atoms with Gasteiger partial charge in [-0.2, -0.15) is 0 Å². The number of furan rings is 1. The first-order valence-corrected chi connectivity index (χ1v) is 2.80. The van der Waals surface area contributed by atoms with Crippen molar-refractivity contribution in [3.8, 4) is 12.3 Å². The van der Waals surface area contributed by atoms with Crippen LogP contribution in [0.5, 0.6) is 0 Å². The molecule has 0 amide bonds. The zero-order valence-corrected chi connectivity index (χ0v) is 5.55. The number of hydrogen-bond donors (Lipinski definition) is 0. The maximum absolute atomic E-state index is 10.8. The predicted octanol–water partition coefficient (Wildman–Crippen LogP) is 1.40. The highest BCUT2D eigenvalue weighted by molar-refractivity contribution is 6.09. The Morgan fingerprint density at radius 3 is 2.90 bits per heavy atom. The fraction of sp³-hybridized carbons (Fsp3) is 0.125. The summed E-state index contributed by atoms with van der Waals surface area (Å²) in [5.41, 5.74) is 0.475. The van der Waals surface area contributed by atoms with Gasteiger partial charge in [0.15, 0.2) is 0 Å². The molecule has 0 aromatic carbocycles. The molecule has 0 aliphatic rings. The number of carbonyl (C=O) groups excluding carboxylic acids is 1. The van der Waals surface area contributed by atoms with Crippen LogP contribution >= 0.6 is 0 Å². The standard InChI is InChI=1S/C8H6O2/c1-3-8(9)7-4-5-10-6(7)2/h1,4-5H,2H3. The van der Waals surface area contributed by atoms with Gasteiger partial charge in [0.05, 0.1) is 11.8 Å². The predicted molar refractivity (Wildman–Crippen MR) is 36.6 cm³/mol. The van der Waals surface area contributed by atoms with Crippen molar-refractivity contribution in [3.05, 3.63) is 23.7 Å². The maximum atomic E-state index is 10.8. The van der Waals surface area contributed by atoms with Crippen LogP contribution in [0.2, 0.25) is 0 Å². The van der Waals surface area contributed by atoms with Crippen LogP contribution in [-0.2, 0) is 0 Å². The number of aryl methyl sites for hydroxylation is 1. The summed E-state index contributed by atoms with van der Waals surface area (Å²) in [7, 11) is 0. The van der Waals surface area contributed by atoms with Crippen molar-refractivity contribution in [1.82, 2.24) is 0 Å². The maximum Gasteiger partial charge on any atom is 0.239 e. The van der Waals surface area contributed by atoms with E-state index in [0.29, 0.717) is 11.3 Å². The Labute approximate surface area is 58.8 Å². The smallest absolute Gasteiger partial charge is 0.239 e. The van der Waals surface area contributed by atoms with E-state index in [4.69, 9.17) is 10.8 Å². The molecule has 0 saturated carbocycles. The molecule has 1 rings (SSSR count). The van der Waals surface area contributed by atoms with Crippen molar-refractivity contribution in [2.24, 2.45) is 0 Å². The lowest BCUT2D eigenvalue weighted by molar-refractivity contribution is 0.105. The summed E-state index contributed by atoms with van der Waals surface area (Å²) < 4.78 is 4.87. The van der Waals surface area contributed by atoms with Gasteiger partial charge in [0, 0.05) is 0 Å². The minimum atomic E-state index is -0.328. The normalized spacial score (nSPS) is 8.80. The molecule has 2 heteroatoms. The number of terminal acetylenes is 1. The lowest BCUT2D eigenvalue weighted by atomic mass is 10.2. The summed E-state index contributed by atoms with van der Waals surface area (Å²) >= 11 is 0. The molecular formula is C8H6O2. The number of carbonyl (C=O) groups is 1. The van der Waals surface area contributed by atoms with Crippen molar-refractivity contribution >= 4 is 5.78 Å². The topological polar surface area (TPSA) is 30.2 Å². The van der Waals surface area contributed by atoms with Crippen LogP contribution in [0.1, 0.15) is 16.1 Å². The van der Waals surface area contributed by atoms with E-state index < -0.39 is 0 Å². The molecule has 0 N–H and O–H groups in total. The first kappa shape index (κ1) is 6.63. The van der Waals surface area contributed by atoms with Gasteiger partial charge in [-0.1, -0.05) is 0 Å². The van der Waals surface area contributed by atoms with Crippen molar-refractivity contribution in [3.63, 3.8) is 0 Å². The molecule has 0 atom stereocenters. The average Bonchev–Trinajstić information content (AvgIpc) is 2.34. The molecule has 0 fully saturated rings. The monoisotopic (exact) mass is 134 g/mol. The lowest BCUT2D eigenvalue weighted by Gasteiger charge is -1.85. The van der Waals surface area contributed by atoms with E-state index in [1.165, 1.54) is 6.26 Å². The van der Waals surface area contributed by atoms with Crippen molar-refractivity contribution < 1.29 is 9.21 Å². The van der Waals surface area contributed by atoms with E-state index in [2.05, 4.69) is 0 Å². The summed E-state index contributed by atoms with van der Waals surface area (Å²) in [6, 6.07) is 1.57. The lowest BCUT2D eigenvalue weighted by Crippen LogP contribution is -1.93. The molecule has 1 heterocycles. The van der Waals surface area contributed by atoms with Crippen LogP contribution in [0.3, 0.4) is 0 Å². The largest absolute Gasteiger partial charge is 0.469 e. The molecule has 1 aromatic heterocycles. The van der Waals surface area contributed by atoms with E-state index >= 15 is 0 Å². The highest BCUT2D eigenvalue weighted by Crippen LogP contribution is 2.08. The molecule has 2 nitrogen and oxygen atoms in total. The first-order valence-electron chi connectivity index (χ1n) is 2.80. The number of rotatable bonds is 1. The molecule has 0 spiro atoms. The summed E-state index contributed by atoms with van der Waals surface area (Å²) in [6.07, 6.45) is 6.34. The van der Waals surface area contributed by atoms with Crippen LogP contribution in [0, 0.1) is 19.3 Å². The van der Waals surface area contributed by atoms with E-state index in [1.54, 1.807) is 13.0 Å². The fourth-order valence-corrected chi connectivity index (χ4v) is 0.698. The fourth-order valence-electron chi connectivity index (χ4n) is 0.698. The van der Waals surface area contributed by atoms with Gasteiger partial charge in [-0.15, -0.1) is 6.42 Å². The third kappa shape index (κ3) is 0.939. The Kier molecular flexibility index (Phi) is 1.59. The van der Waals surface area contributed by atoms with Gasteiger partial charge in [0.25, 0.3) is 0 Å². The van der Waals surface area contributed by atoms with Crippen LogP contribution < -0.4 is 0 Å². The van der Waals surface area contributed by atoms with Crippen molar-refractivity contribution in [2.45, 2.75) is 6.92 Å². The van der Waals surface area contributed by atoms with E-state index in [1.807, 2.05) is 5.92 Å². The molecule has 1 aromatic rings.